The molecule has 0 spiro atoms. The second kappa shape index (κ2) is 7.72. The molecule has 3 N–H and O–H groups in total. The molecule has 2 heterocycles. The number of ether oxygens (including phenoxy) is 2. The van der Waals surface area contributed by atoms with Gasteiger partial charge in [-0.15, -0.1) is 5.10 Å². The minimum atomic E-state index is -0.636. The van der Waals surface area contributed by atoms with E-state index in [-0.39, 0.29) is 0 Å². The van der Waals surface area contributed by atoms with E-state index >= 15 is 0 Å². The molecule has 1 atom stereocenters. The molecular formula is C21H20ClN5O3. The minimum absolute atomic E-state index is 0.363. The maximum absolute atomic E-state index is 12.4. The summed E-state index contributed by atoms with van der Waals surface area (Å²) < 4.78 is 12.5. The van der Waals surface area contributed by atoms with Gasteiger partial charge < -0.3 is 20.5 Å². The molecule has 8 nitrogen and oxygen atoms in total. The molecule has 1 aliphatic heterocycles. The van der Waals surface area contributed by atoms with Crippen molar-refractivity contribution in [2.24, 2.45) is 5.73 Å². The Labute approximate surface area is 178 Å². The largest absolute Gasteiger partial charge is 0.497 e. The summed E-state index contributed by atoms with van der Waals surface area (Å²) >= 11 is 6.34. The molecule has 0 saturated carbocycles. The average molecular weight is 426 g/mol. The number of carbonyl (C=O) groups is 1. The Bertz CT molecular complexity index is 1170. The molecule has 2 aromatic carbocycles. The summed E-state index contributed by atoms with van der Waals surface area (Å²) in [5.41, 5.74) is 8.08. The SMILES string of the molecule is COc1ccc([C@H]2C(C(N)=O)=C(C)Nc3nc(-c4ccccc4Cl)nn32)c(OC)c1. The summed E-state index contributed by atoms with van der Waals surface area (Å²) in [6.45, 7) is 1.77. The smallest absolute Gasteiger partial charge is 0.248 e. The fourth-order valence-electron chi connectivity index (χ4n) is 3.56. The summed E-state index contributed by atoms with van der Waals surface area (Å²) in [5, 5.41) is 8.30. The van der Waals surface area contributed by atoms with Crippen LogP contribution in [0.2, 0.25) is 5.02 Å². The molecule has 0 bridgehead atoms. The quantitative estimate of drug-likeness (QED) is 0.649. The predicted molar refractivity (Wildman–Crippen MR) is 114 cm³/mol. The first kappa shape index (κ1) is 19.8. The first-order chi connectivity index (χ1) is 14.4. The van der Waals surface area contributed by atoms with Gasteiger partial charge in [-0.25, -0.2) is 4.68 Å². The van der Waals surface area contributed by atoms with E-state index in [0.717, 1.165) is 0 Å². The van der Waals surface area contributed by atoms with E-state index in [1.54, 1.807) is 44.0 Å². The monoisotopic (exact) mass is 425 g/mol. The molecule has 4 rings (SSSR count). The Balaban J connectivity index is 1.93. The Kier molecular flexibility index (Phi) is 5.09. The van der Waals surface area contributed by atoms with Crippen LogP contribution in [0.5, 0.6) is 11.5 Å². The number of rotatable bonds is 5. The van der Waals surface area contributed by atoms with Gasteiger partial charge in [0.2, 0.25) is 11.9 Å². The van der Waals surface area contributed by atoms with E-state index in [4.69, 9.17) is 26.8 Å². The Morgan fingerprint density at radius 2 is 1.97 bits per heavy atom. The van der Waals surface area contributed by atoms with Crippen molar-refractivity contribution >= 4 is 23.5 Å². The van der Waals surface area contributed by atoms with E-state index in [0.29, 0.717) is 50.7 Å². The number of methoxy groups -OCH3 is 2. The Morgan fingerprint density at radius 3 is 2.63 bits per heavy atom. The van der Waals surface area contributed by atoms with E-state index < -0.39 is 11.9 Å². The van der Waals surface area contributed by atoms with E-state index in [1.165, 1.54) is 0 Å². The topological polar surface area (TPSA) is 104 Å². The second-order valence-corrected chi connectivity index (χ2v) is 7.13. The van der Waals surface area contributed by atoms with Crippen LogP contribution in [0.25, 0.3) is 11.4 Å². The van der Waals surface area contributed by atoms with Gasteiger partial charge in [0.15, 0.2) is 5.82 Å². The van der Waals surface area contributed by atoms with Gasteiger partial charge in [-0.3, -0.25) is 4.79 Å². The number of nitrogens with two attached hydrogens (primary N) is 1. The average Bonchev–Trinajstić information content (AvgIpc) is 3.15. The zero-order valence-electron chi connectivity index (χ0n) is 16.6. The number of halogens is 1. The number of carbonyl (C=O) groups excluding carboxylic acids is 1. The molecular weight excluding hydrogens is 406 g/mol. The normalized spacial score (nSPS) is 15.4. The van der Waals surface area contributed by atoms with Crippen molar-refractivity contribution in [2.75, 3.05) is 19.5 Å². The molecule has 0 radical (unpaired) electrons. The Hall–Kier alpha value is -3.52. The molecule has 30 heavy (non-hydrogen) atoms. The number of primary amides is 1. The molecule has 0 saturated heterocycles. The van der Waals surface area contributed by atoms with Crippen LogP contribution in [0.1, 0.15) is 18.5 Å². The molecule has 1 aromatic heterocycles. The fourth-order valence-corrected chi connectivity index (χ4v) is 3.78. The van der Waals surface area contributed by atoms with E-state index in [2.05, 4.69) is 15.4 Å². The molecule has 9 heteroatoms. The number of amides is 1. The summed E-state index contributed by atoms with van der Waals surface area (Å²) in [4.78, 5) is 17.0. The number of hydrogen-bond acceptors (Lipinski definition) is 6. The maximum atomic E-state index is 12.4. The van der Waals surface area contributed by atoms with Crippen molar-refractivity contribution in [3.63, 3.8) is 0 Å². The van der Waals surface area contributed by atoms with E-state index in [1.807, 2.05) is 24.3 Å². The number of aromatic nitrogens is 3. The number of allylic oxidation sites excluding steroid dienone is 1. The zero-order valence-corrected chi connectivity index (χ0v) is 17.4. The van der Waals surface area contributed by atoms with Crippen LogP contribution in [0.15, 0.2) is 53.7 Å². The minimum Gasteiger partial charge on any atom is -0.497 e. The van der Waals surface area contributed by atoms with Gasteiger partial charge in [-0.05, 0) is 31.2 Å². The first-order valence-corrected chi connectivity index (χ1v) is 9.53. The first-order valence-electron chi connectivity index (χ1n) is 9.15. The number of hydrogen-bond donors (Lipinski definition) is 2. The molecule has 1 aliphatic rings. The van der Waals surface area contributed by atoms with Crippen molar-refractivity contribution in [1.82, 2.24) is 14.8 Å². The molecule has 154 valence electrons. The maximum Gasteiger partial charge on any atom is 0.248 e. The molecule has 3 aromatic rings. The third kappa shape index (κ3) is 3.25. The van der Waals surface area contributed by atoms with Crippen LogP contribution in [-0.2, 0) is 4.79 Å². The van der Waals surface area contributed by atoms with Gasteiger partial charge in [0, 0.05) is 22.9 Å². The van der Waals surface area contributed by atoms with Crippen molar-refractivity contribution in [3.05, 3.63) is 64.3 Å². The molecule has 0 fully saturated rings. The standard InChI is InChI=1S/C21H20ClN5O3/c1-11-17(19(23)28)18(14-9-8-12(29-2)10-16(14)30-3)27-21(24-11)25-20(26-27)13-6-4-5-7-15(13)22/h4-10,18H,1-3H3,(H2,23,28)(H,24,25,26)/t18-/m0/s1. The third-order valence-corrected chi connectivity index (χ3v) is 5.30. The van der Waals surface area contributed by atoms with Crippen LogP contribution in [0.4, 0.5) is 5.95 Å². The zero-order chi connectivity index (χ0) is 21.4. The van der Waals surface area contributed by atoms with E-state index in [9.17, 15) is 4.79 Å². The highest BCUT2D eigenvalue weighted by molar-refractivity contribution is 6.33. The summed E-state index contributed by atoms with van der Waals surface area (Å²) in [5.74, 6) is 1.49. The lowest BCUT2D eigenvalue weighted by Gasteiger charge is -2.28. The van der Waals surface area contributed by atoms with Crippen LogP contribution in [0.3, 0.4) is 0 Å². The van der Waals surface area contributed by atoms with Gasteiger partial charge in [-0.2, -0.15) is 4.98 Å². The highest BCUT2D eigenvalue weighted by Crippen LogP contribution is 2.41. The van der Waals surface area contributed by atoms with Gasteiger partial charge in [0.1, 0.15) is 17.5 Å². The Morgan fingerprint density at radius 1 is 1.20 bits per heavy atom. The van der Waals surface area contributed by atoms with Crippen LogP contribution in [-0.4, -0.2) is 34.9 Å². The van der Waals surface area contributed by atoms with Crippen LogP contribution >= 0.6 is 11.6 Å². The van der Waals surface area contributed by atoms with Crippen molar-refractivity contribution in [1.29, 1.82) is 0 Å². The number of nitrogens with one attached hydrogen (secondary N) is 1. The second-order valence-electron chi connectivity index (χ2n) is 6.72. The van der Waals surface area contributed by atoms with Gasteiger partial charge >= 0.3 is 0 Å². The predicted octanol–water partition coefficient (Wildman–Crippen LogP) is 3.39. The number of benzene rings is 2. The summed E-state index contributed by atoms with van der Waals surface area (Å²) in [7, 11) is 3.13. The molecule has 0 unspecified atom stereocenters. The van der Waals surface area contributed by atoms with Crippen LogP contribution in [0, 0.1) is 0 Å². The lowest BCUT2D eigenvalue weighted by atomic mass is 9.94. The molecule has 1 amide bonds. The highest BCUT2D eigenvalue weighted by Gasteiger charge is 2.35. The fraction of sp³-hybridized carbons (Fsp3) is 0.190. The number of fused-ring (bicyclic) bond motifs is 1. The van der Waals surface area contributed by atoms with Gasteiger partial charge in [-0.1, -0.05) is 23.7 Å². The van der Waals surface area contributed by atoms with Crippen molar-refractivity contribution in [3.8, 4) is 22.9 Å². The lowest BCUT2D eigenvalue weighted by Crippen LogP contribution is -2.32. The van der Waals surface area contributed by atoms with Crippen molar-refractivity contribution < 1.29 is 14.3 Å². The van der Waals surface area contributed by atoms with Gasteiger partial charge in [0.05, 0.1) is 24.8 Å². The number of anilines is 1. The summed E-state index contributed by atoms with van der Waals surface area (Å²) in [6, 6.07) is 12.0. The van der Waals surface area contributed by atoms with Crippen LogP contribution < -0.4 is 20.5 Å². The summed E-state index contributed by atoms with van der Waals surface area (Å²) in [6.07, 6.45) is 0. The van der Waals surface area contributed by atoms with Gasteiger partial charge in [0.25, 0.3) is 0 Å². The van der Waals surface area contributed by atoms with Crippen molar-refractivity contribution in [2.45, 2.75) is 13.0 Å². The highest BCUT2D eigenvalue weighted by atomic mass is 35.5. The third-order valence-electron chi connectivity index (χ3n) is 4.97. The number of nitrogens with zero attached hydrogens (tertiary/aromatic N) is 3. The lowest BCUT2D eigenvalue weighted by molar-refractivity contribution is -0.115. The molecule has 0 aliphatic carbocycles.